The quantitative estimate of drug-likeness (QED) is 0.307. The second-order valence-electron chi connectivity index (χ2n) is 7.76. The maximum atomic E-state index is 6.43. The van der Waals surface area contributed by atoms with Gasteiger partial charge in [-0.1, -0.05) is 64.5 Å². The van der Waals surface area contributed by atoms with Crippen LogP contribution in [0.3, 0.4) is 0 Å². The molecule has 0 fully saturated rings. The molecule has 4 nitrogen and oxygen atoms in total. The standard InChI is InChI=1S/C26H27BrN2O2/c1-28(2)15-16-31-26-22-17-21(30-3)13-14-24(22)29(18-20-11-7-8-12-23(20)27)25(26)19-9-5-4-6-10-19/h4-14,17H,15-16,18H2,1-3H3. The van der Waals surface area contributed by atoms with Gasteiger partial charge in [-0.15, -0.1) is 0 Å². The van der Waals surface area contributed by atoms with Crippen LogP contribution in [0.5, 0.6) is 11.5 Å². The number of aromatic nitrogens is 1. The van der Waals surface area contributed by atoms with Crippen molar-refractivity contribution in [3.63, 3.8) is 0 Å². The van der Waals surface area contributed by atoms with Gasteiger partial charge in [-0.25, -0.2) is 0 Å². The van der Waals surface area contributed by atoms with Crippen LogP contribution < -0.4 is 9.47 Å². The number of methoxy groups -OCH3 is 1. The van der Waals surface area contributed by atoms with E-state index in [2.05, 4.69) is 94.1 Å². The third-order valence-corrected chi connectivity index (χ3v) is 6.12. The van der Waals surface area contributed by atoms with Crippen LogP contribution in [-0.4, -0.2) is 43.8 Å². The minimum atomic E-state index is 0.609. The number of ether oxygens (including phenoxy) is 2. The highest BCUT2D eigenvalue weighted by atomic mass is 79.9. The first-order valence-corrected chi connectivity index (χ1v) is 11.1. The first kappa shape index (κ1) is 21.5. The van der Waals surface area contributed by atoms with Gasteiger partial charge in [0.1, 0.15) is 12.4 Å². The van der Waals surface area contributed by atoms with Crippen molar-refractivity contribution in [2.24, 2.45) is 0 Å². The molecule has 0 spiro atoms. The molecule has 0 N–H and O–H groups in total. The summed E-state index contributed by atoms with van der Waals surface area (Å²) in [7, 11) is 5.81. The van der Waals surface area contributed by atoms with Crippen molar-refractivity contribution in [3.8, 4) is 22.8 Å². The maximum absolute atomic E-state index is 6.43. The molecule has 0 saturated heterocycles. The van der Waals surface area contributed by atoms with Gasteiger partial charge in [0.25, 0.3) is 0 Å². The van der Waals surface area contributed by atoms with Crippen molar-refractivity contribution in [3.05, 3.63) is 82.8 Å². The predicted molar refractivity (Wildman–Crippen MR) is 131 cm³/mol. The molecule has 0 radical (unpaired) electrons. The summed E-state index contributed by atoms with van der Waals surface area (Å²) in [4.78, 5) is 2.13. The molecule has 0 amide bonds. The van der Waals surface area contributed by atoms with Gasteiger partial charge >= 0.3 is 0 Å². The molecule has 4 rings (SSSR count). The number of hydrogen-bond donors (Lipinski definition) is 0. The molecule has 5 heteroatoms. The summed E-state index contributed by atoms with van der Waals surface area (Å²) < 4.78 is 15.4. The summed E-state index contributed by atoms with van der Waals surface area (Å²) in [5.74, 6) is 1.72. The summed E-state index contributed by atoms with van der Waals surface area (Å²) >= 11 is 3.72. The summed E-state index contributed by atoms with van der Waals surface area (Å²) in [5, 5.41) is 1.06. The molecule has 0 aliphatic carbocycles. The van der Waals surface area contributed by atoms with Crippen LogP contribution in [0, 0.1) is 0 Å². The lowest BCUT2D eigenvalue weighted by Crippen LogP contribution is -2.19. The van der Waals surface area contributed by atoms with Crippen LogP contribution in [0.25, 0.3) is 22.2 Å². The molecule has 0 aliphatic heterocycles. The van der Waals surface area contributed by atoms with Crippen molar-refractivity contribution >= 4 is 26.8 Å². The van der Waals surface area contributed by atoms with Gasteiger partial charge < -0.3 is 18.9 Å². The molecular formula is C26H27BrN2O2. The highest BCUT2D eigenvalue weighted by Gasteiger charge is 2.21. The summed E-state index contributed by atoms with van der Waals surface area (Å²) in [5.41, 5.74) is 4.55. The number of fused-ring (bicyclic) bond motifs is 1. The Hall–Kier alpha value is -2.76. The average Bonchev–Trinajstić information content (AvgIpc) is 3.08. The lowest BCUT2D eigenvalue weighted by atomic mass is 10.1. The molecule has 4 aromatic rings. The molecule has 0 unspecified atom stereocenters. The normalized spacial score (nSPS) is 11.3. The van der Waals surface area contributed by atoms with E-state index in [-0.39, 0.29) is 0 Å². The Morgan fingerprint density at radius 1 is 0.935 bits per heavy atom. The van der Waals surface area contributed by atoms with E-state index < -0.39 is 0 Å². The minimum absolute atomic E-state index is 0.609. The fraction of sp³-hybridized carbons (Fsp3) is 0.231. The Labute approximate surface area is 192 Å². The van der Waals surface area contributed by atoms with Gasteiger partial charge in [0.05, 0.1) is 18.3 Å². The van der Waals surface area contributed by atoms with Gasteiger partial charge in [-0.2, -0.15) is 0 Å². The lowest BCUT2D eigenvalue weighted by Gasteiger charge is -2.15. The molecule has 1 aromatic heterocycles. The van der Waals surface area contributed by atoms with E-state index in [0.717, 1.165) is 51.2 Å². The molecule has 0 aliphatic rings. The third-order valence-electron chi connectivity index (χ3n) is 5.34. The van der Waals surface area contributed by atoms with Crippen molar-refractivity contribution in [2.75, 3.05) is 34.4 Å². The first-order valence-electron chi connectivity index (χ1n) is 10.3. The zero-order valence-electron chi connectivity index (χ0n) is 18.1. The number of nitrogens with zero attached hydrogens (tertiary/aromatic N) is 2. The topological polar surface area (TPSA) is 26.6 Å². The number of hydrogen-bond acceptors (Lipinski definition) is 3. The van der Waals surface area contributed by atoms with Crippen molar-refractivity contribution in [2.45, 2.75) is 6.54 Å². The second-order valence-corrected chi connectivity index (χ2v) is 8.61. The Morgan fingerprint density at radius 3 is 2.39 bits per heavy atom. The van der Waals surface area contributed by atoms with E-state index in [0.29, 0.717) is 6.61 Å². The van der Waals surface area contributed by atoms with Gasteiger partial charge in [0, 0.05) is 28.5 Å². The van der Waals surface area contributed by atoms with E-state index in [9.17, 15) is 0 Å². The van der Waals surface area contributed by atoms with Crippen LogP contribution in [0.1, 0.15) is 5.56 Å². The summed E-state index contributed by atoms with van der Waals surface area (Å²) in [6.45, 7) is 2.18. The Morgan fingerprint density at radius 2 is 1.68 bits per heavy atom. The number of halogens is 1. The lowest BCUT2D eigenvalue weighted by molar-refractivity contribution is 0.264. The number of rotatable bonds is 8. The monoisotopic (exact) mass is 478 g/mol. The van der Waals surface area contributed by atoms with Crippen molar-refractivity contribution < 1.29 is 9.47 Å². The molecule has 160 valence electrons. The van der Waals surface area contributed by atoms with E-state index in [1.165, 1.54) is 5.56 Å². The summed E-state index contributed by atoms with van der Waals surface area (Å²) in [6, 6.07) is 25.0. The van der Waals surface area contributed by atoms with E-state index in [1.807, 2.05) is 18.2 Å². The van der Waals surface area contributed by atoms with Gasteiger partial charge in [-0.05, 0) is 43.9 Å². The average molecular weight is 479 g/mol. The third kappa shape index (κ3) is 4.63. The van der Waals surface area contributed by atoms with Crippen LogP contribution in [0.2, 0.25) is 0 Å². The smallest absolute Gasteiger partial charge is 0.153 e. The number of benzene rings is 3. The van der Waals surface area contributed by atoms with Gasteiger partial charge in [-0.3, -0.25) is 0 Å². The molecule has 0 bridgehead atoms. The zero-order valence-corrected chi connectivity index (χ0v) is 19.7. The molecular weight excluding hydrogens is 452 g/mol. The van der Waals surface area contributed by atoms with Crippen LogP contribution in [0.4, 0.5) is 0 Å². The number of likely N-dealkylation sites (N-methyl/N-ethyl adjacent to an activating group) is 1. The van der Waals surface area contributed by atoms with Crippen LogP contribution in [-0.2, 0) is 6.54 Å². The molecule has 1 heterocycles. The van der Waals surface area contributed by atoms with Crippen LogP contribution >= 0.6 is 15.9 Å². The maximum Gasteiger partial charge on any atom is 0.153 e. The first-order chi connectivity index (χ1) is 15.1. The predicted octanol–water partition coefficient (Wildman–Crippen LogP) is 6.07. The summed E-state index contributed by atoms with van der Waals surface area (Å²) in [6.07, 6.45) is 0. The Kier molecular flexibility index (Phi) is 6.64. The second kappa shape index (κ2) is 9.58. The Balaban J connectivity index is 1.94. The zero-order chi connectivity index (χ0) is 21.8. The minimum Gasteiger partial charge on any atom is -0.497 e. The molecule has 31 heavy (non-hydrogen) atoms. The highest BCUT2D eigenvalue weighted by molar-refractivity contribution is 9.10. The fourth-order valence-corrected chi connectivity index (χ4v) is 4.16. The van der Waals surface area contributed by atoms with Gasteiger partial charge in [0.15, 0.2) is 5.75 Å². The van der Waals surface area contributed by atoms with E-state index in [4.69, 9.17) is 9.47 Å². The van der Waals surface area contributed by atoms with E-state index in [1.54, 1.807) is 7.11 Å². The highest BCUT2D eigenvalue weighted by Crippen LogP contribution is 2.42. The van der Waals surface area contributed by atoms with Crippen molar-refractivity contribution in [1.29, 1.82) is 0 Å². The SMILES string of the molecule is COc1ccc2c(c1)c(OCCN(C)C)c(-c1ccccc1)n2Cc1ccccc1Br. The largest absolute Gasteiger partial charge is 0.497 e. The molecule has 0 atom stereocenters. The van der Waals surface area contributed by atoms with E-state index >= 15 is 0 Å². The van der Waals surface area contributed by atoms with Crippen molar-refractivity contribution in [1.82, 2.24) is 9.47 Å². The molecule has 3 aromatic carbocycles. The van der Waals surface area contributed by atoms with Crippen LogP contribution in [0.15, 0.2) is 77.3 Å². The Bertz CT molecular complexity index is 1170. The fourth-order valence-electron chi connectivity index (χ4n) is 3.75. The van der Waals surface area contributed by atoms with Gasteiger partial charge in [0.2, 0.25) is 0 Å². The molecule has 0 saturated carbocycles.